The minimum Gasteiger partial charge on any atom is -0.368 e. The van der Waals surface area contributed by atoms with E-state index in [-0.39, 0.29) is 11.7 Å². The molecule has 1 saturated heterocycles. The van der Waals surface area contributed by atoms with Crippen LogP contribution < -0.4 is 4.90 Å². The van der Waals surface area contributed by atoms with Crippen molar-refractivity contribution in [1.29, 1.82) is 0 Å². The maximum absolute atomic E-state index is 13.0. The first-order valence-corrected chi connectivity index (χ1v) is 8.00. The lowest BCUT2D eigenvalue weighted by atomic mass is 10.2. The van der Waals surface area contributed by atoms with Crippen LogP contribution in [-0.4, -0.2) is 46.8 Å². The van der Waals surface area contributed by atoms with E-state index in [9.17, 15) is 9.18 Å². The molecule has 1 aromatic carbocycles. The molecule has 122 valence electrons. The molecule has 2 heterocycles. The van der Waals surface area contributed by atoms with Crippen molar-refractivity contribution in [3.8, 4) is 0 Å². The van der Waals surface area contributed by atoms with Gasteiger partial charge in [0.2, 0.25) is 0 Å². The maximum atomic E-state index is 13.0. The van der Waals surface area contributed by atoms with Crippen LogP contribution in [0.4, 0.5) is 10.1 Å². The predicted molar refractivity (Wildman–Crippen MR) is 87.0 cm³/mol. The summed E-state index contributed by atoms with van der Waals surface area (Å²) in [6.07, 6.45) is 2.62. The number of carbonyl (C=O) groups is 1. The Kier molecular flexibility index (Phi) is 4.60. The van der Waals surface area contributed by atoms with Gasteiger partial charge in [-0.3, -0.25) is 9.48 Å². The van der Waals surface area contributed by atoms with Gasteiger partial charge in [-0.1, -0.05) is 6.92 Å². The Bertz CT molecular complexity index is 659. The van der Waals surface area contributed by atoms with Gasteiger partial charge < -0.3 is 9.80 Å². The van der Waals surface area contributed by atoms with E-state index < -0.39 is 0 Å². The minimum absolute atomic E-state index is 0.0368. The monoisotopic (exact) mass is 316 g/mol. The molecule has 1 aromatic heterocycles. The lowest BCUT2D eigenvalue weighted by Crippen LogP contribution is -2.49. The van der Waals surface area contributed by atoms with Crippen LogP contribution in [0.5, 0.6) is 0 Å². The summed E-state index contributed by atoms with van der Waals surface area (Å²) >= 11 is 0. The lowest BCUT2D eigenvalue weighted by molar-refractivity contribution is 0.0734. The third kappa shape index (κ3) is 3.36. The second kappa shape index (κ2) is 6.81. The van der Waals surface area contributed by atoms with Crippen LogP contribution in [0.25, 0.3) is 0 Å². The summed E-state index contributed by atoms with van der Waals surface area (Å²) < 4.78 is 14.8. The van der Waals surface area contributed by atoms with Crippen molar-refractivity contribution in [3.05, 3.63) is 48.0 Å². The topological polar surface area (TPSA) is 41.4 Å². The molecule has 5 nitrogen and oxygen atoms in total. The van der Waals surface area contributed by atoms with Gasteiger partial charge in [-0.15, -0.1) is 0 Å². The quantitative estimate of drug-likeness (QED) is 0.870. The molecule has 0 atom stereocenters. The number of aryl methyl sites for hydroxylation is 1. The smallest absolute Gasteiger partial charge is 0.272 e. The first-order chi connectivity index (χ1) is 11.2. The largest absolute Gasteiger partial charge is 0.368 e. The SMILES string of the molecule is CCCn1nccc1C(=O)N1CCN(c2ccc(F)cc2)CC1. The summed E-state index contributed by atoms with van der Waals surface area (Å²) in [6.45, 7) is 5.64. The molecule has 1 aliphatic heterocycles. The van der Waals surface area contributed by atoms with E-state index >= 15 is 0 Å². The number of amides is 1. The zero-order chi connectivity index (χ0) is 16.2. The van der Waals surface area contributed by atoms with Crippen molar-refractivity contribution >= 4 is 11.6 Å². The van der Waals surface area contributed by atoms with Crippen molar-refractivity contribution in [2.75, 3.05) is 31.1 Å². The average molecular weight is 316 g/mol. The summed E-state index contributed by atoms with van der Waals surface area (Å²) in [5.41, 5.74) is 1.65. The number of hydrogen-bond donors (Lipinski definition) is 0. The molecule has 0 spiro atoms. The highest BCUT2D eigenvalue weighted by Crippen LogP contribution is 2.18. The van der Waals surface area contributed by atoms with Gasteiger partial charge >= 0.3 is 0 Å². The van der Waals surface area contributed by atoms with Crippen LogP contribution in [0, 0.1) is 5.82 Å². The van der Waals surface area contributed by atoms with Crippen molar-refractivity contribution in [2.45, 2.75) is 19.9 Å². The Labute approximate surface area is 135 Å². The molecule has 0 aliphatic carbocycles. The minimum atomic E-state index is -0.230. The molecule has 0 saturated carbocycles. The number of piperazine rings is 1. The Morgan fingerprint density at radius 1 is 1.13 bits per heavy atom. The molecule has 3 rings (SSSR count). The molecule has 1 amide bonds. The molecule has 23 heavy (non-hydrogen) atoms. The summed E-state index contributed by atoms with van der Waals surface area (Å²) in [5.74, 6) is -0.193. The predicted octanol–water partition coefficient (Wildman–Crippen LogP) is 2.39. The van der Waals surface area contributed by atoms with Gasteiger partial charge in [-0.05, 0) is 36.8 Å². The highest BCUT2D eigenvalue weighted by molar-refractivity contribution is 5.92. The molecular formula is C17H21FN4O. The van der Waals surface area contributed by atoms with Crippen molar-refractivity contribution in [3.63, 3.8) is 0 Å². The molecular weight excluding hydrogens is 295 g/mol. The summed E-state index contributed by atoms with van der Waals surface area (Å²) in [4.78, 5) is 16.7. The number of anilines is 1. The number of rotatable bonds is 4. The van der Waals surface area contributed by atoms with Gasteiger partial charge in [0.05, 0.1) is 0 Å². The third-order valence-electron chi connectivity index (χ3n) is 4.13. The van der Waals surface area contributed by atoms with Crippen LogP contribution in [0.3, 0.4) is 0 Å². The van der Waals surface area contributed by atoms with Crippen molar-refractivity contribution < 1.29 is 9.18 Å². The van der Waals surface area contributed by atoms with Crippen molar-refractivity contribution in [2.24, 2.45) is 0 Å². The average Bonchev–Trinajstić information content (AvgIpc) is 3.04. The van der Waals surface area contributed by atoms with Gasteiger partial charge in [0.15, 0.2) is 0 Å². The molecule has 6 heteroatoms. The summed E-state index contributed by atoms with van der Waals surface area (Å²) in [5, 5.41) is 4.22. The fourth-order valence-corrected chi connectivity index (χ4v) is 2.89. The van der Waals surface area contributed by atoms with Crippen molar-refractivity contribution in [1.82, 2.24) is 14.7 Å². The first kappa shape index (κ1) is 15.5. The van der Waals surface area contributed by atoms with E-state index in [0.29, 0.717) is 18.8 Å². The number of halogens is 1. The van der Waals surface area contributed by atoms with Crippen LogP contribution in [-0.2, 0) is 6.54 Å². The van der Waals surface area contributed by atoms with Crippen LogP contribution >= 0.6 is 0 Å². The van der Waals surface area contributed by atoms with E-state index in [4.69, 9.17) is 0 Å². The van der Waals surface area contributed by atoms with Crippen LogP contribution in [0.15, 0.2) is 36.5 Å². The lowest BCUT2D eigenvalue weighted by Gasteiger charge is -2.36. The molecule has 0 bridgehead atoms. The molecule has 0 radical (unpaired) electrons. The Morgan fingerprint density at radius 2 is 1.83 bits per heavy atom. The Balaban J connectivity index is 1.63. The van der Waals surface area contributed by atoms with E-state index in [2.05, 4.69) is 16.9 Å². The Morgan fingerprint density at radius 3 is 2.48 bits per heavy atom. The molecule has 0 unspecified atom stereocenters. The number of aromatic nitrogens is 2. The standard InChI is InChI=1S/C17H21FN4O/c1-2-9-22-16(7-8-19-22)17(23)21-12-10-20(11-13-21)15-5-3-14(18)4-6-15/h3-8H,2,9-13H2,1H3. The van der Waals surface area contributed by atoms with E-state index in [0.717, 1.165) is 31.7 Å². The zero-order valence-corrected chi connectivity index (χ0v) is 13.3. The van der Waals surface area contributed by atoms with Gasteiger partial charge in [0.25, 0.3) is 5.91 Å². The summed E-state index contributed by atoms with van der Waals surface area (Å²) in [7, 11) is 0. The van der Waals surface area contributed by atoms with Gasteiger partial charge in [0.1, 0.15) is 11.5 Å². The normalized spacial score (nSPS) is 15.0. The highest BCUT2D eigenvalue weighted by Gasteiger charge is 2.24. The maximum Gasteiger partial charge on any atom is 0.272 e. The number of nitrogens with zero attached hydrogens (tertiary/aromatic N) is 4. The highest BCUT2D eigenvalue weighted by atomic mass is 19.1. The molecule has 1 fully saturated rings. The van der Waals surface area contributed by atoms with E-state index in [1.807, 2.05) is 4.90 Å². The van der Waals surface area contributed by atoms with Gasteiger partial charge in [-0.2, -0.15) is 5.10 Å². The third-order valence-corrected chi connectivity index (χ3v) is 4.13. The van der Waals surface area contributed by atoms with Gasteiger partial charge in [-0.25, -0.2) is 4.39 Å². The molecule has 0 N–H and O–H groups in total. The fourth-order valence-electron chi connectivity index (χ4n) is 2.89. The second-order valence-electron chi connectivity index (χ2n) is 5.70. The van der Waals surface area contributed by atoms with E-state index in [1.165, 1.54) is 12.1 Å². The fraction of sp³-hybridized carbons (Fsp3) is 0.412. The number of hydrogen-bond acceptors (Lipinski definition) is 3. The van der Waals surface area contributed by atoms with Crippen LogP contribution in [0.2, 0.25) is 0 Å². The zero-order valence-electron chi connectivity index (χ0n) is 13.3. The second-order valence-corrected chi connectivity index (χ2v) is 5.70. The van der Waals surface area contributed by atoms with Crippen LogP contribution in [0.1, 0.15) is 23.8 Å². The van der Waals surface area contributed by atoms with Gasteiger partial charge in [0, 0.05) is 44.6 Å². The number of carbonyl (C=O) groups excluding carboxylic acids is 1. The van der Waals surface area contributed by atoms with E-state index in [1.54, 1.807) is 29.1 Å². The summed E-state index contributed by atoms with van der Waals surface area (Å²) in [6, 6.07) is 8.28. The Hall–Kier alpha value is -2.37. The molecule has 2 aromatic rings. The molecule has 1 aliphatic rings. The number of benzene rings is 1. The first-order valence-electron chi connectivity index (χ1n) is 8.00.